The highest BCUT2D eigenvalue weighted by Crippen LogP contribution is 2.58. The van der Waals surface area contributed by atoms with Gasteiger partial charge in [-0.2, -0.15) is 13.2 Å². The van der Waals surface area contributed by atoms with E-state index in [-0.39, 0.29) is 22.1 Å². The average Bonchev–Trinajstić information content (AvgIpc) is 3.63. The maximum atomic E-state index is 13.1. The molecule has 2 amide bonds. The number of amides is 2. The van der Waals surface area contributed by atoms with E-state index in [1.54, 1.807) is 40.0 Å². The molecule has 0 N–H and O–H groups in total. The lowest BCUT2D eigenvalue weighted by atomic mass is 10.1. The fourth-order valence-electron chi connectivity index (χ4n) is 5.02. The van der Waals surface area contributed by atoms with Gasteiger partial charge in [0, 0.05) is 37.0 Å². The third-order valence-corrected chi connectivity index (χ3v) is 11.5. The first-order chi connectivity index (χ1) is 25.4. The maximum absolute atomic E-state index is 13.1. The number of rotatable bonds is 13. The normalized spacial score (nSPS) is 15.9. The standard InChI is InChI=1S/C33H41N2O9S2.CHF3O3S/c1-9-34-13-11-10-12-24(34)18-35(20(2)36)33(37)44-21(3)43-31-27(40-6)14-22(15-28(31)41-7)29-19-45-32(46-29)23-16-25(38-4)30(42-8)26(17-23)39-5;2-1(3,4)8(5,6)7/h10-17,21,29,32H,9,18-19H2,1-8H3;(H,5,6,7)/q+1;/p-1/t21?,29-,32+;/m0./s1. The van der Waals surface area contributed by atoms with Crippen LogP contribution in [0.4, 0.5) is 18.0 Å². The molecule has 3 atom stereocenters. The predicted molar refractivity (Wildman–Crippen MR) is 192 cm³/mol. The number of carbonyl (C=O) groups excluding carboxylic acids is 2. The van der Waals surface area contributed by atoms with Crippen molar-refractivity contribution in [1.29, 1.82) is 0 Å². The molecule has 1 unspecified atom stereocenters. The number of aromatic nitrogens is 1. The van der Waals surface area contributed by atoms with Crippen LogP contribution >= 0.6 is 23.5 Å². The number of carbonyl (C=O) groups is 2. The van der Waals surface area contributed by atoms with E-state index in [0.29, 0.717) is 35.3 Å². The summed E-state index contributed by atoms with van der Waals surface area (Å²) in [5.41, 5.74) is -2.81. The number of methoxy groups -OCH3 is 5. The largest absolute Gasteiger partial charge is 0.741 e. The Hall–Kier alpha value is -4.27. The summed E-state index contributed by atoms with van der Waals surface area (Å²) in [5, 5.41) is 0.120. The molecule has 20 heteroatoms. The number of imide groups is 1. The lowest BCUT2D eigenvalue weighted by Crippen LogP contribution is -2.44. The lowest BCUT2D eigenvalue weighted by Gasteiger charge is -2.23. The van der Waals surface area contributed by atoms with Crippen molar-refractivity contribution in [1.82, 2.24) is 4.90 Å². The van der Waals surface area contributed by atoms with Crippen LogP contribution in [0.25, 0.3) is 0 Å². The number of hydrogen-bond acceptors (Lipinski definition) is 14. The Kier molecular flexibility index (Phi) is 15.8. The lowest BCUT2D eigenvalue weighted by molar-refractivity contribution is -0.701. The van der Waals surface area contributed by atoms with Crippen molar-refractivity contribution >= 4 is 45.6 Å². The van der Waals surface area contributed by atoms with Crippen molar-refractivity contribution in [3.8, 4) is 34.5 Å². The Morgan fingerprint density at radius 2 is 1.44 bits per heavy atom. The first-order valence-corrected chi connectivity index (χ1v) is 19.3. The summed E-state index contributed by atoms with van der Waals surface area (Å²) in [6.07, 6.45) is 0.0136. The monoisotopic (exact) mass is 822 g/mol. The number of alkyl halides is 3. The van der Waals surface area contributed by atoms with E-state index in [9.17, 15) is 22.8 Å². The van der Waals surface area contributed by atoms with Crippen LogP contribution in [0, 0.1) is 0 Å². The van der Waals surface area contributed by atoms with E-state index >= 15 is 0 Å². The molecule has 2 aromatic carbocycles. The van der Waals surface area contributed by atoms with Crippen LogP contribution in [-0.2, 0) is 32.7 Å². The van der Waals surface area contributed by atoms with Gasteiger partial charge in [0.05, 0.1) is 40.1 Å². The SMILES string of the molecule is CC[n+]1ccccc1CN(C(C)=O)C(=O)OC(C)Oc1c(OC)cc([C@@H]2CS[C@@H](c3cc(OC)c(OC)c(OC)c3)S2)cc1OC.O=S(=O)([O-])C(F)(F)F. The van der Waals surface area contributed by atoms with Crippen molar-refractivity contribution < 1.29 is 73.5 Å². The second-order valence-electron chi connectivity index (χ2n) is 11.1. The molecule has 2 heterocycles. The molecular weight excluding hydrogens is 782 g/mol. The smallest absolute Gasteiger partial charge is 0.485 e. The number of thioether (sulfide) groups is 2. The number of benzene rings is 2. The van der Waals surface area contributed by atoms with Crippen LogP contribution in [0.1, 0.15) is 47.4 Å². The zero-order chi connectivity index (χ0) is 40.4. The van der Waals surface area contributed by atoms with E-state index in [4.69, 9.17) is 46.1 Å². The van der Waals surface area contributed by atoms with E-state index in [1.165, 1.54) is 21.1 Å². The Bertz CT molecular complexity index is 1830. The Morgan fingerprint density at radius 3 is 1.91 bits per heavy atom. The van der Waals surface area contributed by atoms with Gasteiger partial charge in [-0.1, -0.05) is 6.07 Å². The summed E-state index contributed by atoms with van der Waals surface area (Å²) >= 11 is 3.61. The molecule has 0 bridgehead atoms. The molecule has 1 aromatic heterocycles. The minimum Gasteiger partial charge on any atom is -0.741 e. The summed E-state index contributed by atoms with van der Waals surface area (Å²) < 4.78 is 101. The van der Waals surface area contributed by atoms with Crippen molar-refractivity contribution in [2.24, 2.45) is 0 Å². The number of pyridine rings is 1. The summed E-state index contributed by atoms with van der Waals surface area (Å²) in [6, 6.07) is 13.4. The number of nitrogens with zero attached hydrogens (tertiary/aromatic N) is 2. The number of hydrogen-bond donors (Lipinski definition) is 0. The van der Waals surface area contributed by atoms with Gasteiger partial charge in [0.1, 0.15) is 13.1 Å². The van der Waals surface area contributed by atoms with Crippen molar-refractivity contribution in [2.75, 3.05) is 41.3 Å². The molecule has 1 fully saturated rings. The molecular formula is C34H41F3N2O12S3. The van der Waals surface area contributed by atoms with Gasteiger partial charge >= 0.3 is 11.6 Å². The fraction of sp³-hybridized carbons (Fsp3) is 0.441. The van der Waals surface area contributed by atoms with Crippen LogP contribution in [-0.4, -0.2) is 83.0 Å². The zero-order valence-electron chi connectivity index (χ0n) is 30.6. The molecule has 54 heavy (non-hydrogen) atoms. The quantitative estimate of drug-likeness (QED) is 0.0827. The first-order valence-electron chi connectivity index (χ1n) is 15.9. The van der Waals surface area contributed by atoms with E-state index < -0.39 is 33.9 Å². The topological polar surface area (TPSA) is 163 Å². The van der Waals surface area contributed by atoms with Gasteiger partial charge < -0.3 is 37.7 Å². The summed E-state index contributed by atoms with van der Waals surface area (Å²) in [5.74, 6) is 3.30. The Labute approximate surface area is 319 Å². The number of halogens is 3. The summed E-state index contributed by atoms with van der Waals surface area (Å²) in [6.45, 7) is 5.63. The van der Waals surface area contributed by atoms with Crippen LogP contribution < -0.4 is 33.0 Å². The summed E-state index contributed by atoms with van der Waals surface area (Å²) in [4.78, 5) is 26.5. The minimum atomic E-state index is -6.09. The van der Waals surface area contributed by atoms with Gasteiger partial charge in [0.15, 0.2) is 39.3 Å². The molecule has 0 spiro atoms. The van der Waals surface area contributed by atoms with Crippen molar-refractivity contribution in [3.63, 3.8) is 0 Å². The predicted octanol–water partition coefficient (Wildman–Crippen LogP) is 6.22. The molecule has 3 aromatic rings. The highest BCUT2D eigenvalue weighted by Gasteiger charge is 2.37. The van der Waals surface area contributed by atoms with Gasteiger partial charge in [-0.25, -0.2) is 22.7 Å². The molecule has 1 saturated heterocycles. The molecule has 0 aliphatic carbocycles. The van der Waals surface area contributed by atoms with E-state index in [0.717, 1.165) is 27.5 Å². The highest BCUT2D eigenvalue weighted by molar-refractivity contribution is 8.19. The molecule has 4 rings (SSSR count). The Morgan fingerprint density at radius 1 is 0.926 bits per heavy atom. The third kappa shape index (κ3) is 11.1. The van der Waals surface area contributed by atoms with Gasteiger partial charge in [-0.15, -0.1) is 23.5 Å². The summed E-state index contributed by atoms with van der Waals surface area (Å²) in [7, 11) is 1.78. The van der Waals surface area contributed by atoms with Crippen LogP contribution in [0.3, 0.4) is 0 Å². The van der Waals surface area contributed by atoms with E-state index in [2.05, 4.69) is 0 Å². The average molecular weight is 823 g/mol. The van der Waals surface area contributed by atoms with Crippen molar-refractivity contribution in [2.45, 2.75) is 55.5 Å². The number of aryl methyl sites for hydroxylation is 1. The van der Waals surface area contributed by atoms with Crippen LogP contribution in [0.15, 0.2) is 48.7 Å². The second kappa shape index (κ2) is 19.4. The first kappa shape index (κ1) is 44.1. The molecule has 0 radical (unpaired) electrons. The van der Waals surface area contributed by atoms with Gasteiger partial charge in [0.25, 0.3) is 0 Å². The fourth-order valence-corrected chi connectivity index (χ4v) is 8.28. The second-order valence-corrected chi connectivity index (χ2v) is 15.2. The molecule has 14 nitrogen and oxygen atoms in total. The van der Waals surface area contributed by atoms with E-state index in [1.807, 2.05) is 71.9 Å². The molecule has 0 saturated carbocycles. The number of ether oxygens (including phenoxy) is 7. The minimum absolute atomic E-state index is 0.0606. The van der Waals surface area contributed by atoms with Crippen molar-refractivity contribution in [3.05, 3.63) is 65.5 Å². The Balaban J connectivity index is 0.000000879. The third-order valence-electron chi connectivity index (χ3n) is 7.63. The molecule has 1 aliphatic heterocycles. The van der Waals surface area contributed by atoms with Crippen LogP contribution in [0.2, 0.25) is 0 Å². The zero-order valence-corrected chi connectivity index (χ0v) is 33.1. The highest BCUT2D eigenvalue weighted by atomic mass is 32.2. The molecule has 298 valence electrons. The maximum Gasteiger partial charge on any atom is 0.485 e. The van der Waals surface area contributed by atoms with Crippen LogP contribution in [0.5, 0.6) is 34.5 Å². The van der Waals surface area contributed by atoms with Gasteiger partial charge in [0.2, 0.25) is 29.4 Å². The van der Waals surface area contributed by atoms with Gasteiger partial charge in [-0.3, -0.25) is 4.79 Å². The molecule has 1 aliphatic rings. The van der Waals surface area contributed by atoms with Gasteiger partial charge in [-0.05, 0) is 42.3 Å².